The Kier molecular flexibility index (Phi) is 3.80. The van der Waals surface area contributed by atoms with Gasteiger partial charge in [-0.05, 0) is 28.8 Å². The van der Waals surface area contributed by atoms with Crippen molar-refractivity contribution >= 4 is 17.6 Å². The number of carboxylic acids is 1. The molecule has 1 N–H and O–H groups in total. The van der Waals surface area contributed by atoms with Crippen LogP contribution in [-0.4, -0.2) is 22.7 Å². The van der Waals surface area contributed by atoms with Crippen molar-refractivity contribution in [2.24, 2.45) is 0 Å². The molecule has 0 radical (unpaired) electrons. The molecule has 1 aromatic carbocycles. The zero-order valence-electron chi connectivity index (χ0n) is 11.3. The smallest absolute Gasteiger partial charge is 0.304 e. The summed E-state index contributed by atoms with van der Waals surface area (Å²) < 4.78 is 5.56. The first-order valence-corrected chi connectivity index (χ1v) is 7.11. The van der Waals surface area contributed by atoms with E-state index in [1.807, 2.05) is 24.3 Å². The normalized spacial score (nSPS) is 14.3. The quantitative estimate of drug-likeness (QED) is 0.881. The fourth-order valence-electron chi connectivity index (χ4n) is 2.64. The average Bonchev–Trinajstić information content (AvgIpc) is 2.93. The maximum atomic E-state index is 11.2. The van der Waals surface area contributed by atoms with E-state index in [0.717, 1.165) is 28.9 Å². The second-order valence-electron chi connectivity index (χ2n) is 5.00. The minimum Gasteiger partial charge on any atom is -0.493 e. The van der Waals surface area contributed by atoms with Crippen molar-refractivity contribution in [3.8, 4) is 5.75 Å². The largest absolute Gasteiger partial charge is 0.493 e. The number of hydrogen-bond donors (Lipinski definition) is 1. The van der Waals surface area contributed by atoms with E-state index < -0.39 is 5.97 Å². The van der Waals surface area contributed by atoms with Gasteiger partial charge in [-0.25, -0.2) is 4.98 Å². The third kappa shape index (κ3) is 2.85. The molecule has 2 heterocycles. The highest BCUT2D eigenvalue weighted by Gasteiger charge is 2.23. The summed E-state index contributed by atoms with van der Waals surface area (Å²) in [6.07, 6.45) is 2.45. The van der Waals surface area contributed by atoms with E-state index >= 15 is 0 Å². The first kappa shape index (κ1) is 13.9. The number of pyridine rings is 1. The van der Waals surface area contributed by atoms with Crippen LogP contribution in [0.2, 0.25) is 5.15 Å². The van der Waals surface area contributed by atoms with E-state index in [0.29, 0.717) is 11.8 Å². The van der Waals surface area contributed by atoms with E-state index in [-0.39, 0.29) is 12.3 Å². The Hall–Kier alpha value is -2.07. The Morgan fingerprint density at radius 2 is 2.29 bits per heavy atom. The average molecular weight is 304 g/mol. The van der Waals surface area contributed by atoms with Crippen LogP contribution >= 0.6 is 11.6 Å². The monoisotopic (exact) mass is 303 g/mol. The number of benzene rings is 1. The maximum Gasteiger partial charge on any atom is 0.304 e. The molecule has 2 aromatic rings. The third-order valence-corrected chi connectivity index (χ3v) is 3.98. The number of rotatable bonds is 4. The second-order valence-corrected chi connectivity index (χ2v) is 5.36. The summed E-state index contributed by atoms with van der Waals surface area (Å²) in [5, 5.41) is 9.53. The molecule has 0 saturated carbocycles. The Bertz CT molecular complexity index is 687. The predicted octanol–water partition coefficient (Wildman–Crippen LogP) is 3.28. The molecule has 0 bridgehead atoms. The van der Waals surface area contributed by atoms with Crippen LogP contribution in [0, 0.1) is 0 Å². The number of carboxylic acid groups (broad SMARTS) is 1. The van der Waals surface area contributed by atoms with Gasteiger partial charge >= 0.3 is 5.97 Å². The van der Waals surface area contributed by atoms with E-state index in [9.17, 15) is 9.90 Å². The zero-order valence-corrected chi connectivity index (χ0v) is 12.0. The van der Waals surface area contributed by atoms with Gasteiger partial charge in [-0.3, -0.25) is 4.79 Å². The lowest BCUT2D eigenvalue weighted by atomic mass is 9.88. The molecule has 1 atom stereocenters. The first-order chi connectivity index (χ1) is 10.1. The molecule has 3 rings (SSSR count). The number of hydrogen-bond acceptors (Lipinski definition) is 3. The summed E-state index contributed by atoms with van der Waals surface area (Å²) in [5.41, 5.74) is 2.76. The number of fused-ring (bicyclic) bond motifs is 1. The lowest BCUT2D eigenvalue weighted by molar-refractivity contribution is -0.137. The molecule has 0 fully saturated rings. The molecule has 4 nitrogen and oxygen atoms in total. The lowest BCUT2D eigenvalue weighted by Gasteiger charge is -2.17. The van der Waals surface area contributed by atoms with E-state index in [2.05, 4.69) is 4.98 Å². The molecule has 21 heavy (non-hydrogen) atoms. The van der Waals surface area contributed by atoms with Gasteiger partial charge in [-0.1, -0.05) is 29.8 Å². The molecular weight excluding hydrogens is 290 g/mol. The van der Waals surface area contributed by atoms with E-state index in [4.69, 9.17) is 16.3 Å². The molecule has 0 aliphatic carbocycles. The third-order valence-electron chi connectivity index (χ3n) is 3.66. The fourth-order valence-corrected chi connectivity index (χ4v) is 2.89. The van der Waals surface area contributed by atoms with Crippen LogP contribution in [0.15, 0.2) is 36.5 Å². The zero-order chi connectivity index (χ0) is 14.8. The Balaban J connectivity index is 2.03. The number of halogens is 1. The van der Waals surface area contributed by atoms with Crippen molar-refractivity contribution in [3.63, 3.8) is 0 Å². The van der Waals surface area contributed by atoms with Gasteiger partial charge in [0.25, 0.3) is 0 Å². The molecular formula is C16H14ClNO3. The van der Waals surface area contributed by atoms with Gasteiger partial charge in [-0.2, -0.15) is 0 Å². The van der Waals surface area contributed by atoms with Gasteiger partial charge < -0.3 is 9.84 Å². The SMILES string of the molecule is O=C(O)C[C@@H](c1ccc2c(c1)OCC2)c1cccnc1Cl. The number of aliphatic carboxylic acids is 1. The Morgan fingerprint density at radius 1 is 1.43 bits per heavy atom. The molecule has 1 aliphatic rings. The molecule has 0 amide bonds. The van der Waals surface area contributed by atoms with Crippen LogP contribution in [0.3, 0.4) is 0 Å². The van der Waals surface area contributed by atoms with Crippen LogP contribution in [-0.2, 0) is 11.2 Å². The number of aromatic nitrogens is 1. The van der Waals surface area contributed by atoms with Crippen LogP contribution in [0.1, 0.15) is 29.0 Å². The van der Waals surface area contributed by atoms with Crippen LogP contribution in [0.5, 0.6) is 5.75 Å². The summed E-state index contributed by atoms with van der Waals surface area (Å²) in [6.45, 7) is 0.677. The Labute approximate surface area is 127 Å². The molecule has 0 spiro atoms. The topological polar surface area (TPSA) is 59.4 Å². The lowest BCUT2D eigenvalue weighted by Crippen LogP contribution is -2.09. The van der Waals surface area contributed by atoms with Crippen molar-refractivity contribution < 1.29 is 14.6 Å². The first-order valence-electron chi connectivity index (χ1n) is 6.73. The molecule has 1 aromatic heterocycles. The summed E-state index contributed by atoms with van der Waals surface area (Å²) in [7, 11) is 0. The van der Waals surface area contributed by atoms with Crippen molar-refractivity contribution in [3.05, 3.63) is 58.4 Å². The van der Waals surface area contributed by atoms with Crippen LogP contribution < -0.4 is 4.74 Å². The van der Waals surface area contributed by atoms with Crippen molar-refractivity contribution in [2.75, 3.05) is 6.61 Å². The van der Waals surface area contributed by atoms with Gasteiger partial charge in [0, 0.05) is 18.5 Å². The number of ether oxygens (including phenoxy) is 1. The van der Waals surface area contributed by atoms with Gasteiger partial charge in [0.15, 0.2) is 0 Å². The van der Waals surface area contributed by atoms with Crippen molar-refractivity contribution in [1.82, 2.24) is 4.98 Å². The predicted molar refractivity (Wildman–Crippen MR) is 79.0 cm³/mol. The maximum absolute atomic E-state index is 11.2. The summed E-state index contributed by atoms with van der Waals surface area (Å²) in [4.78, 5) is 15.3. The van der Waals surface area contributed by atoms with Crippen molar-refractivity contribution in [1.29, 1.82) is 0 Å². The Morgan fingerprint density at radius 3 is 3.05 bits per heavy atom. The van der Waals surface area contributed by atoms with Crippen molar-refractivity contribution in [2.45, 2.75) is 18.8 Å². The summed E-state index contributed by atoms with van der Waals surface area (Å²) in [5.74, 6) is -0.373. The number of carbonyl (C=O) groups is 1. The van der Waals surface area contributed by atoms with Gasteiger partial charge in [-0.15, -0.1) is 0 Å². The van der Waals surface area contributed by atoms with Crippen LogP contribution in [0.25, 0.3) is 0 Å². The molecule has 108 valence electrons. The molecule has 1 aliphatic heterocycles. The highest BCUT2D eigenvalue weighted by atomic mass is 35.5. The van der Waals surface area contributed by atoms with Gasteiger partial charge in [0.05, 0.1) is 13.0 Å². The molecule has 0 saturated heterocycles. The highest BCUT2D eigenvalue weighted by Crippen LogP contribution is 2.36. The highest BCUT2D eigenvalue weighted by molar-refractivity contribution is 6.30. The minimum atomic E-state index is -0.874. The fraction of sp³-hybridized carbons (Fsp3) is 0.250. The molecule has 0 unspecified atom stereocenters. The molecule has 5 heteroatoms. The van der Waals surface area contributed by atoms with E-state index in [1.54, 1.807) is 12.3 Å². The summed E-state index contributed by atoms with van der Waals surface area (Å²) >= 11 is 6.13. The second kappa shape index (κ2) is 5.74. The number of nitrogens with zero attached hydrogens (tertiary/aromatic N) is 1. The van der Waals surface area contributed by atoms with Crippen LogP contribution in [0.4, 0.5) is 0 Å². The van der Waals surface area contributed by atoms with E-state index in [1.165, 1.54) is 0 Å². The van der Waals surface area contributed by atoms with Gasteiger partial charge in [0.1, 0.15) is 10.9 Å². The summed E-state index contributed by atoms with van der Waals surface area (Å²) in [6, 6.07) is 9.44. The van der Waals surface area contributed by atoms with Gasteiger partial charge in [0.2, 0.25) is 0 Å². The standard InChI is InChI=1S/C16H14ClNO3/c17-16-12(2-1-6-18-16)13(9-15(19)20)11-4-3-10-5-7-21-14(10)8-11/h1-4,6,8,13H,5,7,9H2,(H,19,20)/t13-/m0/s1. The minimum absolute atomic E-state index is 0.0375.